The summed E-state index contributed by atoms with van der Waals surface area (Å²) in [5.74, 6) is 0.390. The molecule has 1 N–H and O–H groups in total. The molecular formula is C21H23N3OS. The Labute approximate surface area is 158 Å². The second-order valence-corrected chi connectivity index (χ2v) is 7.10. The van der Waals surface area contributed by atoms with Crippen LogP contribution in [0.5, 0.6) is 0 Å². The average Bonchev–Trinajstić information content (AvgIpc) is 2.70. The molecule has 0 saturated heterocycles. The fraction of sp³-hybridized carbons (Fsp3) is 0.286. The molecule has 5 heteroatoms. The molecule has 0 fully saturated rings. The van der Waals surface area contributed by atoms with Crippen molar-refractivity contribution in [2.24, 2.45) is 0 Å². The molecule has 0 spiro atoms. The average molecular weight is 366 g/mol. The Bertz CT molecular complexity index is 879. The maximum atomic E-state index is 12.2. The first-order chi connectivity index (χ1) is 12.7. The third-order valence-electron chi connectivity index (χ3n) is 4.39. The maximum Gasteiger partial charge on any atom is 0.230 e. The van der Waals surface area contributed by atoms with Crippen LogP contribution in [0.15, 0.2) is 59.6 Å². The van der Waals surface area contributed by atoms with Crippen LogP contribution in [0.3, 0.4) is 0 Å². The summed E-state index contributed by atoms with van der Waals surface area (Å²) >= 11 is 1.44. The minimum absolute atomic E-state index is 0.0433. The van der Waals surface area contributed by atoms with Gasteiger partial charge in [-0.3, -0.25) is 4.79 Å². The van der Waals surface area contributed by atoms with E-state index in [4.69, 9.17) is 0 Å². The molecule has 0 aliphatic heterocycles. The Kier molecular flexibility index (Phi) is 6.23. The zero-order valence-corrected chi connectivity index (χ0v) is 15.9. The molecule has 0 bridgehead atoms. The van der Waals surface area contributed by atoms with Crippen LogP contribution in [0.4, 0.5) is 0 Å². The molecule has 0 aliphatic rings. The molecule has 0 atom stereocenters. The van der Waals surface area contributed by atoms with Crippen LogP contribution in [0, 0.1) is 0 Å². The van der Waals surface area contributed by atoms with E-state index < -0.39 is 0 Å². The maximum absolute atomic E-state index is 12.2. The summed E-state index contributed by atoms with van der Waals surface area (Å²) in [6.45, 7) is 4.17. The molecular weight excluding hydrogens is 342 g/mol. The van der Waals surface area contributed by atoms with Crippen LogP contribution < -0.4 is 5.32 Å². The fourth-order valence-corrected chi connectivity index (χ4v) is 3.67. The van der Waals surface area contributed by atoms with E-state index in [1.165, 1.54) is 11.8 Å². The topological polar surface area (TPSA) is 54.9 Å². The molecule has 134 valence electrons. The van der Waals surface area contributed by atoms with Crippen LogP contribution >= 0.6 is 11.8 Å². The van der Waals surface area contributed by atoms with Gasteiger partial charge in [0, 0.05) is 22.4 Å². The first kappa shape index (κ1) is 18.4. The Morgan fingerprint density at radius 1 is 0.962 bits per heavy atom. The van der Waals surface area contributed by atoms with Gasteiger partial charge in [-0.2, -0.15) is 0 Å². The van der Waals surface area contributed by atoms with Gasteiger partial charge in [-0.1, -0.05) is 80.2 Å². The number of nitrogens with zero attached hydrogens (tertiary/aromatic N) is 2. The minimum Gasteiger partial charge on any atom is -0.353 e. The van der Waals surface area contributed by atoms with Gasteiger partial charge in [-0.15, -0.1) is 10.2 Å². The fourth-order valence-electron chi connectivity index (χ4n) is 2.89. The normalized spacial score (nSPS) is 11.0. The van der Waals surface area contributed by atoms with Crippen molar-refractivity contribution in [1.29, 1.82) is 0 Å². The van der Waals surface area contributed by atoms with Crippen molar-refractivity contribution >= 4 is 28.4 Å². The third-order valence-corrected chi connectivity index (χ3v) is 5.37. The molecule has 26 heavy (non-hydrogen) atoms. The molecule has 0 saturated carbocycles. The van der Waals surface area contributed by atoms with Gasteiger partial charge in [0.1, 0.15) is 10.7 Å². The van der Waals surface area contributed by atoms with Crippen LogP contribution in [0.1, 0.15) is 26.7 Å². The van der Waals surface area contributed by atoms with Gasteiger partial charge in [0.2, 0.25) is 5.91 Å². The van der Waals surface area contributed by atoms with Crippen LogP contribution in [0.25, 0.3) is 22.0 Å². The number of carbonyl (C=O) groups excluding carboxylic acids is 1. The molecule has 2 aromatic carbocycles. The number of rotatable bonds is 7. The van der Waals surface area contributed by atoms with E-state index in [9.17, 15) is 4.79 Å². The van der Waals surface area contributed by atoms with E-state index in [0.29, 0.717) is 5.75 Å². The SMILES string of the molecule is CCC(CC)NC(=O)CSc1nnc(-c2ccccc2)c2ccccc12. The molecule has 1 heterocycles. The van der Waals surface area contributed by atoms with E-state index in [-0.39, 0.29) is 11.9 Å². The summed E-state index contributed by atoms with van der Waals surface area (Å²) in [4.78, 5) is 12.2. The molecule has 1 amide bonds. The van der Waals surface area contributed by atoms with Gasteiger partial charge in [0.05, 0.1) is 5.75 Å². The van der Waals surface area contributed by atoms with E-state index in [2.05, 4.69) is 35.4 Å². The van der Waals surface area contributed by atoms with Crippen molar-refractivity contribution in [2.45, 2.75) is 37.8 Å². The van der Waals surface area contributed by atoms with E-state index >= 15 is 0 Å². The highest BCUT2D eigenvalue weighted by molar-refractivity contribution is 8.00. The smallest absolute Gasteiger partial charge is 0.230 e. The molecule has 3 aromatic rings. The lowest BCUT2D eigenvalue weighted by Gasteiger charge is -2.14. The molecule has 1 aromatic heterocycles. The van der Waals surface area contributed by atoms with Crippen LogP contribution in [-0.4, -0.2) is 27.9 Å². The zero-order valence-electron chi connectivity index (χ0n) is 15.1. The second kappa shape index (κ2) is 8.81. The van der Waals surface area contributed by atoms with Crippen molar-refractivity contribution in [1.82, 2.24) is 15.5 Å². The number of amides is 1. The minimum atomic E-state index is 0.0433. The standard InChI is InChI=1S/C21H23N3OS/c1-3-16(4-2)22-19(25)14-26-21-18-13-9-8-12-17(18)20(23-24-21)15-10-6-5-7-11-15/h5-13,16H,3-4,14H2,1-2H3,(H,22,25). The molecule has 4 nitrogen and oxygen atoms in total. The van der Waals surface area contributed by atoms with Crippen molar-refractivity contribution in [3.05, 3.63) is 54.6 Å². The predicted molar refractivity (Wildman–Crippen MR) is 108 cm³/mol. The number of carbonyl (C=O) groups is 1. The Balaban J connectivity index is 1.84. The van der Waals surface area contributed by atoms with Crippen LogP contribution in [0.2, 0.25) is 0 Å². The number of nitrogens with one attached hydrogen (secondary N) is 1. The number of benzene rings is 2. The summed E-state index contributed by atoms with van der Waals surface area (Å²) in [7, 11) is 0. The van der Waals surface area contributed by atoms with Crippen molar-refractivity contribution in [3.8, 4) is 11.3 Å². The Hall–Kier alpha value is -2.40. The highest BCUT2D eigenvalue weighted by atomic mass is 32.2. The van der Waals surface area contributed by atoms with Gasteiger partial charge >= 0.3 is 0 Å². The summed E-state index contributed by atoms with van der Waals surface area (Å²) in [6.07, 6.45) is 1.89. The van der Waals surface area contributed by atoms with Gasteiger partial charge < -0.3 is 5.32 Å². The molecule has 0 radical (unpaired) electrons. The van der Waals surface area contributed by atoms with Gasteiger partial charge in [-0.05, 0) is 12.8 Å². The van der Waals surface area contributed by atoms with E-state index in [0.717, 1.165) is 39.9 Å². The number of hydrogen-bond donors (Lipinski definition) is 1. The lowest BCUT2D eigenvalue weighted by Crippen LogP contribution is -2.35. The van der Waals surface area contributed by atoms with Gasteiger partial charge in [-0.25, -0.2) is 0 Å². The highest BCUT2D eigenvalue weighted by Gasteiger charge is 2.13. The lowest BCUT2D eigenvalue weighted by molar-refractivity contribution is -0.119. The number of aromatic nitrogens is 2. The largest absolute Gasteiger partial charge is 0.353 e. The highest BCUT2D eigenvalue weighted by Crippen LogP contribution is 2.31. The van der Waals surface area contributed by atoms with Crippen molar-refractivity contribution < 1.29 is 4.79 Å². The molecule has 0 unspecified atom stereocenters. The molecule has 0 aliphatic carbocycles. The molecule has 3 rings (SSSR count). The number of fused-ring (bicyclic) bond motifs is 1. The van der Waals surface area contributed by atoms with Crippen molar-refractivity contribution in [2.75, 3.05) is 5.75 Å². The summed E-state index contributed by atoms with van der Waals surface area (Å²) in [6, 6.07) is 18.4. The summed E-state index contributed by atoms with van der Waals surface area (Å²) in [5.41, 5.74) is 1.91. The van der Waals surface area contributed by atoms with Gasteiger partial charge in [0.25, 0.3) is 0 Å². The first-order valence-corrected chi connectivity index (χ1v) is 9.94. The Morgan fingerprint density at radius 3 is 2.31 bits per heavy atom. The van der Waals surface area contributed by atoms with E-state index in [1.807, 2.05) is 48.5 Å². The van der Waals surface area contributed by atoms with Crippen molar-refractivity contribution in [3.63, 3.8) is 0 Å². The summed E-state index contributed by atoms with van der Waals surface area (Å²) in [5, 5.41) is 14.8. The number of hydrogen-bond acceptors (Lipinski definition) is 4. The monoisotopic (exact) mass is 365 g/mol. The Morgan fingerprint density at radius 2 is 1.62 bits per heavy atom. The third kappa shape index (κ3) is 4.22. The lowest BCUT2D eigenvalue weighted by atomic mass is 10.1. The first-order valence-electron chi connectivity index (χ1n) is 8.96. The van der Waals surface area contributed by atoms with E-state index in [1.54, 1.807) is 0 Å². The quantitative estimate of drug-likeness (QED) is 0.617. The predicted octanol–water partition coefficient (Wildman–Crippen LogP) is 4.69. The van der Waals surface area contributed by atoms with Gasteiger partial charge in [0.15, 0.2) is 0 Å². The second-order valence-electron chi connectivity index (χ2n) is 6.13. The number of thioether (sulfide) groups is 1. The summed E-state index contributed by atoms with van der Waals surface area (Å²) < 4.78 is 0. The zero-order chi connectivity index (χ0) is 18.4. The van der Waals surface area contributed by atoms with Crippen LogP contribution in [-0.2, 0) is 4.79 Å².